The number of nitrogens with zero attached hydrogens (tertiary/aromatic N) is 1. The van der Waals surface area contributed by atoms with E-state index < -0.39 is 9.84 Å². The van der Waals surface area contributed by atoms with Crippen LogP contribution in [0.5, 0.6) is 0 Å². The van der Waals surface area contributed by atoms with E-state index in [2.05, 4.69) is 10.3 Å². The third kappa shape index (κ3) is 2.80. The van der Waals surface area contributed by atoms with Crippen molar-refractivity contribution in [2.75, 3.05) is 18.1 Å². The minimum absolute atomic E-state index is 0.150. The zero-order valence-electron chi connectivity index (χ0n) is 10.7. The van der Waals surface area contributed by atoms with Crippen LogP contribution in [0.3, 0.4) is 0 Å². The van der Waals surface area contributed by atoms with E-state index in [-0.39, 0.29) is 23.5 Å². The molecule has 6 heteroatoms. The van der Waals surface area contributed by atoms with Crippen molar-refractivity contribution in [3.8, 4) is 0 Å². The molecule has 0 aliphatic carbocycles. The van der Waals surface area contributed by atoms with E-state index >= 15 is 0 Å². The summed E-state index contributed by atoms with van der Waals surface area (Å²) in [6, 6.07) is 7.73. The predicted octanol–water partition coefficient (Wildman–Crippen LogP) is 1.99. The Balaban J connectivity index is 1.96. The highest BCUT2D eigenvalue weighted by atomic mass is 32.2. The van der Waals surface area contributed by atoms with E-state index in [1.807, 2.05) is 31.2 Å². The van der Waals surface area contributed by atoms with Crippen LogP contribution in [0.15, 0.2) is 24.3 Å². The van der Waals surface area contributed by atoms with Crippen LogP contribution in [0, 0.1) is 5.92 Å². The van der Waals surface area contributed by atoms with Crippen molar-refractivity contribution in [3.05, 3.63) is 29.3 Å². The van der Waals surface area contributed by atoms with E-state index in [0.717, 1.165) is 21.8 Å². The molecule has 1 aliphatic heterocycles. The summed E-state index contributed by atoms with van der Waals surface area (Å²) in [6.45, 7) is 2.69. The van der Waals surface area contributed by atoms with Crippen molar-refractivity contribution in [2.24, 2.45) is 5.92 Å². The zero-order chi connectivity index (χ0) is 13.5. The number of sulfone groups is 1. The summed E-state index contributed by atoms with van der Waals surface area (Å²) in [4.78, 5) is 4.56. The average Bonchev–Trinajstić information content (AvgIpc) is 2.71. The molecule has 0 radical (unpaired) electrons. The van der Waals surface area contributed by atoms with Crippen molar-refractivity contribution < 1.29 is 8.42 Å². The van der Waals surface area contributed by atoms with Gasteiger partial charge in [0.15, 0.2) is 9.84 Å². The molecule has 0 saturated carbocycles. The fraction of sp³-hybridized carbons (Fsp3) is 0.462. The Bertz CT molecular complexity index is 660. The lowest BCUT2D eigenvalue weighted by Gasteiger charge is -2.12. The maximum atomic E-state index is 12.0. The lowest BCUT2D eigenvalue weighted by Crippen LogP contribution is -2.26. The highest BCUT2D eigenvalue weighted by Crippen LogP contribution is 2.28. The molecular weight excluding hydrogens is 280 g/mol. The van der Waals surface area contributed by atoms with E-state index in [4.69, 9.17) is 0 Å². The first-order valence-corrected chi connectivity index (χ1v) is 8.96. The van der Waals surface area contributed by atoms with Gasteiger partial charge in [0.05, 0.1) is 27.8 Å². The standard InChI is InChI=1S/C13H16N2O2S2/c1-9-6-14-11(8-19(16,17)7-9)13-15-10-4-2-3-5-12(10)18-13/h2-5,9,11,14H,6-8H2,1H3. The fourth-order valence-electron chi connectivity index (χ4n) is 2.41. The van der Waals surface area contributed by atoms with Crippen LogP contribution in [0.4, 0.5) is 0 Å². The van der Waals surface area contributed by atoms with E-state index in [1.54, 1.807) is 11.3 Å². The van der Waals surface area contributed by atoms with Crippen molar-refractivity contribution in [2.45, 2.75) is 13.0 Å². The monoisotopic (exact) mass is 296 g/mol. The van der Waals surface area contributed by atoms with Gasteiger partial charge in [-0.2, -0.15) is 0 Å². The molecule has 0 amide bonds. The summed E-state index contributed by atoms with van der Waals surface area (Å²) in [5.74, 6) is 0.572. The predicted molar refractivity (Wildman–Crippen MR) is 78.2 cm³/mol. The first kappa shape index (κ1) is 13.0. The average molecular weight is 296 g/mol. The Hall–Kier alpha value is -0.980. The molecule has 4 nitrogen and oxygen atoms in total. The van der Waals surface area contributed by atoms with Crippen LogP contribution < -0.4 is 5.32 Å². The minimum atomic E-state index is -3.00. The number of hydrogen-bond donors (Lipinski definition) is 1. The number of nitrogens with one attached hydrogen (secondary N) is 1. The summed E-state index contributed by atoms with van der Waals surface area (Å²) >= 11 is 1.58. The topological polar surface area (TPSA) is 59.1 Å². The second-order valence-corrected chi connectivity index (χ2v) is 8.38. The lowest BCUT2D eigenvalue weighted by molar-refractivity contribution is 0.517. The van der Waals surface area contributed by atoms with Gasteiger partial charge in [-0.05, 0) is 24.6 Å². The second-order valence-electron chi connectivity index (χ2n) is 5.16. The lowest BCUT2D eigenvalue weighted by atomic mass is 10.2. The fourth-order valence-corrected chi connectivity index (χ4v) is 5.47. The molecule has 3 rings (SSSR count). The molecule has 0 spiro atoms. The van der Waals surface area contributed by atoms with Gasteiger partial charge in [0.2, 0.25) is 0 Å². The highest BCUT2D eigenvalue weighted by Gasteiger charge is 2.28. The summed E-state index contributed by atoms with van der Waals surface area (Å²) in [5, 5.41) is 4.21. The van der Waals surface area contributed by atoms with Crippen molar-refractivity contribution in [1.82, 2.24) is 10.3 Å². The summed E-state index contributed by atoms with van der Waals surface area (Å²) in [6.07, 6.45) is 0. The van der Waals surface area contributed by atoms with Gasteiger partial charge in [-0.1, -0.05) is 19.1 Å². The third-order valence-electron chi connectivity index (χ3n) is 3.28. The van der Waals surface area contributed by atoms with Crippen molar-refractivity contribution >= 4 is 31.4 Å². The van der Waals surface area contributed by atoms with Crippen LogP contribution in [0.1, 0.15) is 18.0 Å². The van der Waals surface area contributed by atoms with Crippen LogP contribution in [0.25, 0.3) is 10.2 Å². The summed E-state index contributed by atoms with van der Waals surface area (Å²) < 4.78 is 25.1. The van der Waals surface area contributed by atoms with E-state index in [9.17, 15) is 8.42 Å². The number of thiazole rings is 1. The normalized spacial score (nSPS) is 27.2. The van der Waals surface area contributed by atoms with Gasteiger partial charge in [-0.25, -0.2) is 13.4 Å². The largest absolute Gasteiger partial charge is 0.307 e. The molecule has 2 heterocycles. The minimum Gasteiger partial charge on any atom is -0.307 e. The Morgan fingerprint density at radius 2 is 2.11 bits per heavy atom. The van der Waals surface area contributed by atoms with Crippen LogP contribution in [-0.4, -0.2) is 31.5 Å². The molecule has 1 aliphatic rings. The zero-order valence-corrected chi connectivity index (χ0v) is 12.3. The van der Waals surface area contributed by atoms with Gasteiger partial charge in [-0.15, -0.1) is 11.3 Å². The van der Waals surface area contributed by atoms with Crippen LogP contribution >= 0.6 is 11.3 Å². The van der Waals surface area contributed by atoms with Gasteiger partial charge < -0.3 is 5.32 Å². The number of para-hydroxylation sites is 1. The van der Waals surface area contributed by atoms with Gasteiger partial charge in [0.1, 0.15) is 5.01 Å². The molecule has 19 heavy (non-hydrogen) atoms. The SMILES string of the molecule is CC1CNC(c2nc3ccccc3s2)CS(=O)(=O)C1. The summed E-state index contributed by atoms with van der Waals surface area (Å²) in [7, 11) is -3.00. The van der Waals surface area contributed by atoms with E-state index in [0.29, 0.717) is 0 Å². The number of aromatic nitrogens is 1. The highest BCUT2D eigenvalue weighted by molar-refractivity contribution is 7.91. The quantitative estimate of drug-likeness (QED) is 0.874. The molecule has 1 N–H and O–H groups in total. The first-order chi connectivity index (χ1) is 9.03. The van der Waals surface area contributed by atoms with Crippen LogP contribution in [-0.2, 0) is 9.84 Å². The number of rotatable bonds is 1. The Morgan fingerprint density at radius 1 is 1.32 bits per heavy atom. The smallest absolute Gasteiger partial charge is 0.152 e. The Labute approximate surface area is 116 Å². The molecule has 2 atom stereocenters. The molecular formula is C13H16N2O2S2. The molecule has 1 fully saturated rings. The number of fused-ring (bicyclic) bond motifs is 1. The third-order valence-corrected chi connectivity index (χ3v) is 6.35. The molecule has 2 aromatic rings. The van der Waals surface area contributed by atoms with Crippen LogP contribution in [0.2, 0.25) is 0 Å². The molecule has 1 aromatic carbocycles. The molecule has 0 bridgehead atoms. The molecule has 102 valence electrons. The Kier molecular flexibility index (Phi) is 3.32. The molecule has 2 unspecified atom stereocenters. The molecule has 1 aromatic heterocycles. The first-order valence-electron chi connectivity index (χ1n) is 6.33. The van der Waals surface area contributed by atoms with Gasteiger partial charge >= 0.3 is 0 Å². The maximum Gasteiger partial charge on any atom is 0.152 e. The van der Waals surface area contributed by atoms with Crippen molar-refractivity contribution in [3.63, 3.8) is 0 Å². The second kappa shape index (κ2) is 4.85. The van der Waals surface area contributed by atoms with E-state index in [1.165, 1.54) is 0 Å². The van der Waals surface area contributed by atoms with Gasteiger partial charge in [-0.3, -0.25) is 0 Å². The van der Waals surface area contributed by atoms with Crippen molar-refractivity contribution in [1.29, 1.82) is 0 Å². The number of benzene rings is 1. The van der Waals surface area contributed by atoms with Gasteiger partial charge in [0.25, 0.3) is 0 Å². The number of hydrogen-bond acceptors (Lipinski definition) is 5. The molecule has 1 saturated heterocycles. The summed E-state index contributed by atoms with van der Waals surface area (Å²) in [5.41, 5.74) is 0.944. The van der Waals surface area contributed by atoms with Gasteiger partial charge in [0, 0.05) is 0 Å². The Morgan fingerprint density at radius 3 is 2.89 bits per heavy atom. The maximum absolute atomic E-state index is 12.0.